The molecule has 0 spiro atoms. The number of methoxy groups -OCH3 is 1. The van der Waals surface area contributed by atoms with Crippen LogP contribution in [0.2, 0.25) is 0 Å². The van der Waals surface area contributed by atoms with E-state index < -0.39 is 0 Å². The molecule has 74 valence electrons. The van der Waals surface area contributed by atoms with E-state index >= 15 is 0 Å². The van der Waals surface area contributed by atoms with E-state index in [0.717, 1.165) is 12.2 Å². The second kappa shape index (κ2) is 3.62. The van der Waals surface area contributed by atoms with Crippen molar-refractivity contribution < 1.29 is 4.74 Å². The number of thiophene rings is 1. The quantitative estimate of drug-likeness (QED) is 0.726. The minimum atomic E-state index is 1.00. The summed E-state index contributed by atoms with van der Waals surface area (Å²) < 4.78 is 6.65. The molecule has 0 unspecified atom stereocenters. The van der Waals surface area contributed by atoms with Gasteiger partial charge < -0.3 is 4.74 Å². The Balaban J connectivity index is 2.76. The summed E-state index contributed by atoms with van der Waals surface area (Å²) >= 11 is 1.77. The zero-order chi connectivity index (χ0) is 10.1. The Bertz CT molecular complexity index is 457. The van der Waals surface area contributed by atoms with Crippen LogP contribution in [-0.2, 0) is 6.42 Å². The highest BCUT2D eigenvalue weighted by molar-refractivity contribution is 7.17. The van der Waals surface area contributed by atoms with Gasteiger partial charge in [-0.1, -0.05) is 13.0 Å². The molecule has 0 aliphatic carbocycles. The molecular weight excluding hydrogens is 192 g/mol. The number of rotatable bonds is 2. The number of hydrogen-bond donors (Lipinski definition) is 0. The van der Waals surface area contributed by atoms with E-state index in [1.54, 1.807) is 18.4 Å². The molecule has 14 heavy (non-hydrogen) atoms. The highest BCUT2D eigenvalue weighted by Crippen LogP contribution is 2.35. The molecule has 0 saturated heterocycles. The van der Waals surface area contributed by atoms with Gasteiger partial charge in [0.25, 0.3) is 0 Å². The van der Waals surface area contributed by atoms with Gasteiger partial charge in [0.15, 0.2) is 0 Å². The predicted molar refractivity (Wildman–Crippen MR) is 62.5 cm³/mol. The number of ether oxygens (including phenoxy) is 1. The molecule has 1 nitrogen and oxygen atoms in total. The summed E-state index contributed by atoms with van der Waals surface area (Å²) in [6, 6.07) is 4.34. The Kier molecular flexibility index (Phi) is 2.46. The lowest BCUT2D eigenvalue weighted by atomic mass is 10.1. The van der Waals surface area contributed by atoms with Crippen LogP contribution in [0.3, 0.4) is 0 Å². The molecule has 0 aliphatic heterocycles. The minimum absolute atomic E-state index is 1.00. The molecule has 0 bridgehead atoms. The van der Waals surface area contributed by atoms with E-state index in [1.165, 1.54) is 21.2 Å². The van der Waals surface area contributed by atoms with Gasteiger partial charge in [-0.3, -0.25) is 0 Å². The number of benzene rings is 1. The Morgan fingerprint density at radius 3 is 2.79 bits per heavy atom. The van der Waals surface area contributed by atoms with Gasteiger partial charge in [-0.2, -0.15) is 0 Å². The van der Waals surface area contributed by atoms with Crippen LogP contribution in [0.4, 0.5) is 0 Å². The topological polar surface area (TPSA) is 9.23 Å². The summed E-state index contributed by atoms with van der Waals surface area (Å²) in [5.41, 5.74) is 2.69. The first kappa shape index (κ1) is 9.53. The zero-order valence-electron chi connectivity index (χ0n) is 8.76. The molecule has 0 N–H and O–H groups in total. The molecule has 2 rings (SSSR count). The van der Waals surface area contributed by atoms with Crippen LogP contribution >= 0.6 is 11.3 Å². The van der Waals surface area contributed by atoms with E-state index in [1.807, 2.05) is 0 Å². The highest BCUT2D eigenvalue weighted by Gasteiger charge is 2.07. The van der Waals surface area contributed by atoms with Gasteiger partial charge in [-0.15, -0.1) is 11.3 Å². The monoisotopic (exact) mass is 206 g/mol. The van der Waals surface area contributed by atoms with Crippen molar-refractivity contribution in [1.29, 1.82) is 0 Å². The standard InChI is InChI=1S/C12H14OS/c1-4-9-7-14-12-10(9)5-8(2)6-11(12)13-3/h5-7H,4H2,1-3H3. The van der Waals surface area contributed by atoms with Crippen LogP contribution in [0.25, 0.3) is 10.1 Å². The van der Waals surface area contributed by atoms with Gasteiger partial charge in [0.2, 0.25) is 0 Å². The van der Waals surface area contributed by atoms with Crippen LogP contribution in [0.15, 0.2) is 17.5 Å². The van der Waals surface area contributed by atoms with Crippen LogP contribution in [0.1, 0.15) is 18.1 Å². The first-order valence-corrected chi connectivity index (χ1v) is 5.69. The van der Waals surface area contributed by atoms with Gasteiger partial charge in [-0.25, -0.2) is 0 Å². The lowest BCUT2D eigenvalue weighted by molar-refractivity contribution is 0.420. The van der Waals surface area contributed by atoms with E-state index in [2.05, 4.69) is 31.4 Å². The maximum absolute atomic E-state index is 5.38. The first-order chi connectivity index (χ1) is 6.76. The van der Waals surface area contributed by atoms with Crippen LogP contribution in [-0.4, -0.2) is 7.11 Å². The normalized spacial score (nSPS) is 10.8. The molecular formula is C12H14OS. The molecule has 1 aromatic carbocycles. The summed E-state index contributed by atoms with van der Waals surface area (Å²) in [6.07, 6.45) is 1.09. The summed E-state index contributed by atoms with van der Waals surface area (Å²) in [6.45, 7) is 4.30. The molecule has 0 radical (unpaired) electrons. The van der Waals surface area contributed by atoms with Gasteiger partial charge >= 0.3 is 0 Å². The molecule has 1 aromatic heterocycles. The van der Waals surface area contributed by atoms with E-state index in [0.29, 0.717) is 0 Å². The fraction of sp³-hybridized carbons (Fsp3) is 0.333. The van der Waals surface area contributed by atoms with Gasteiger partial charge in [0.05, 0.1) is 11.8 Å². The van der Waals surface area contributed by atoms with Crippen molar-refractivity contribution in [3.63, 3.8) is 0 Å². The van der Waals surface area contributed by atoms with Crippen molar-refractivity contribution in [2.75, 3.05) is 7.11 Å². The smallest absolute Gasteiger partial charge is 0.136 e. The number of fused-ring (bicyclic) bond motifs is 1. The number of hydrogen-bond acceptors (Lipinski definition) is 2. The highest BCUT2D eigenvalue weighted by atomic mass is 32.1. The van der Waals surface area contributed by atoms with Crippen molar-refractivity contribution in [1.82, 2.24) is 0 Å². The maximum Gasteiger partial charge on any atom is 0.136 e. The Morgan fingerprint density at radius 1 is 1.36 bits per heavy atom. The van der Waals surface area contributed by atoms with Gasteiger partial charge in [0, 0.05) is 0 Å². The molecule has 0 fully saturated rings. The lowest BCUT2D eigenvalue weighted by Crippen LogP contribution is -1.85. The first-order valence-electron chi connectivity index (χ1n) is 4.81. The SMILES string of the molecule is CCc1csc2c(OC)cc(C)cc12. The summed E-state index contributed by atoms with van der Waals surface area (Å²) in [4.78, 5) is 0. The van der Waals surface area contributed by atoms with Crippen LogP contribution < -0.4 is 4.74 Å². The molecule has 2 aromatic rings. The Morgan fingerprint density at radius 2 is 2.14 bits per heavy atom. The molecule has 1 heterocycles. The largest absolute Gasteiger partial charge is 0.495 e. The molecule has 0 saturated carbocycles. The fourth-order valence-electron chi connectivity index (χ4n) is 1.72. The molecule has 0 atom stereocenters. The zero-order valence-corrected chi connectivity index (χ0v) is 9.57. The van der Waals surface area contributed by atoms with Gasteiger partial charge in [-0.05, 0) is 41.3 Å². The third-order valence-electron chi connectivity index (χ3n) is 2.46. The Labute approximate surface area is 88.3 Å². The minimum Gasteiger partial charge on any atom is -0.495 e. The summed E-state index contributed by atoms with van der Waals surface area (Å²) in [7, 11) is 1.74. The lowest BCUT2D eigenvalue weighted by Gasteiger charge is -2.03. The summed E-state index contributed by atoms with van der Waals surface area (Å²) in [5, 5.41) is 3.58. The van der Waals surface area contributed by atoms with Crippen LogP contribution in [0, 0.1) is 6.92 Å². The third-order valence-corrected chi connectivity index (χ3v) is 3.52. The average Bonchev–Trinajstić information content (AvgIpc) is 2.59. The van der Waals surface area contributed by atoms with E-state index in [-0.39, 0.29) is 0 Å². The van der Waals surface area contributed by atoms with Gasteiger partial charge in [0.1, 0.15) is 5.75 Å². The van der Waals surface area contributed by atoms with E-state index in [4.69, 9.17) is 4.74 Å². The van der Waals surface area contributed by atoms with Crippen molar-refractivity contribution >= 4 is 21.4 Å². The maximum atomic E-state index is 5.38. The van der Waals surface area contributed by atoms with E-state index in [9.17, 15) is 0 Å². The predicted octanol–water partition coefficient (Wildman–Crippen LogP) is 3.78. The molecule has 0 aliphatic rings. The average molecular weight is 206 g/mol. The second-order valence-electron chi connectivity index (χ2n) is 3.46. The van der Waals surface area contributed by atoms with Crippen LogP contribution in [0.5, 0.6) is 5.75 Å². The van der Waals surface area contributed by atoms with Crippen molar-refractivity contribution in [3.05, 3.63) is 28.6 Å². The van der Waals surface area contributed by atoms with Crippen molar-refractivity contribution in [2.24, 2.45) is 0 Å². The summed E-state index contributed by atoms with van der Waals surface area (Å²) in [5.74, 6) is 1.00. The third kappa shape index (κ3) is 1.40. The molecule has 0 amide bonds. The second-order valence-corrected chi connectivity index (χ2v) is 4.34. The number of aryl methyl sites for hydroxylation is 2. The fourth-order valence-corrected chi connectivity index (χ4v) is 2.85. The van der Waals surface area contributed by atoms with Crippen molar-refractivity contribution in [3.8, 4) is 5.75 Å². The Hall–Kier alpha value is -1.02. The molecule has 2 heteroatoms. The van der Waals surface area contributed by atoms with Crippen molar-refractivity contribution in [2.45, 2.75) is 20.3 Å².